The number of benzene rings is 1. The second-order valence-electron chi connectivity index (χ2n) is 5.59. The number of carbonyl (C=O) groups excluding carboxylic acids is 2. The van der Waals surface area contributed by atoms with Gasteiger partial charge < -0.3 is 10.2 Å². The molecule has 0 bridgehead atoms. The fraction of sp³-hybridized carbons (Fsp3) is 0.312. The standard InChI is InChI=1S/C16H16FN3O2S/c1-10-9-23-16(18-10)19-15(22)12-6-14(21)20(8-12)7-11-2-4-13(17)5-3-11/h2-5,9,12H,6-8H2,1H3,(H,18,19,22)/t12-/m0/s1. The van der Waals surface area contributed by atoms with Gasteiger partial charge in [-0.25, -0.2) is 9.37 Å². The molecule has 1 fully saturated rings. The molecule has 1 aliphatic rings. The van der Waals surface area contributed by atoms with Crippen LogP contribution in [0.2, 0.25) is 0 Å². The van der Waals surface area contributed by atoms with Crippen LogP contribution >= 0.6 is 11.3 Å². The normalized spacial score (nSPS) is 17.6. The Kier molecular flexibility index (Phi) is 4.38. The van der Waals surface area contributed by atoms with E-state index in [-0.39, 0.29) is 30.0 Å². The van der Waals surface area contributed by atoms with E-state index in [1.165, 1.54) is 23.5 Å². The van der Waals surface area contributed by atoms with Gasteiger partial charge in [0.1, 0.15) is 5.82 Å². The lowest BCUT2D eigenvalue weighted by Gasteiger charge is -2.16. The Morgan fingerprint density at radius 1 is 1.43 bits per heavy atom. The van der Waals surface area contributed by atoms with Crippen molar-refractivity contribution in [1.82, 2.24) is 9.88 Å². The third kappa shape index (κ3) is 3.73. The molecule has 1 aliphatic heterocycles. The van der Waals surface area contributed by atoms with Gasteiger partial charge in [0, 0.05) is 24.9 Å². The van der Waals surface area contributed by atoms with Crippen molar-refractivity contribution < 1.29 is 14.0 Å². The molecule has 0 aliphatic carbocycles. The summed E-state index contributed by atoms with van der Waals surface area (Å²) in [5.74, 6) is -0.941. The molecule has 5 nitrogen and oxygen atoms in total. The smallest absolute Gasteiger partial charge is 0.231 e. The fourth-order valence-electron chi connectivity index (χ4n) is 2.53. The van der Waals surface area contributed by atoms with Gasteiger partial charge in [-0.05, 0) is 24.6 Å². The van der Waals surface area contributed by atoms with Crippen LogP contribution < -0.4 is 5.32 Å². The topological polar surface area (TPSA) is 62.3 Å². The number of hydrogen-bond donors (Lipinski definition) is 1. The van der Waals surface area contributed by atoms with Gasteiger partial charge in [-0.3, -0.25) is 9.59 Å². The van der Waals surface area contributed by atoms with E-state index < -0.39 is 0 Å². The second-order valence-corrected chi connectivity index (χ2v) is 6.44. The van der Waals surface area contributed by atoms with Crippen molar-refractivity contribution >= 4 is 28.3 Å². The van der Waals surface area contributed by atoms with Crippen molar-refractivity contribution in [3.05, 3.63) is 46.7 Å². The molecule has 1 aromatic carbocycles. The van der Waals surface area contributed by atoms with Crippen molar-refractivity contribution in [2.24, 2.45) is 5.92 Å². The molecule has 2 aromatic rings. The average molecular weight is 333 g/mol. The lowest BCUT2D eigenvalue weighted by atomic mass is 10.1. The molecule has 0 saturated carbocycles. The van der Waals surface area contributed by atoms with E-state index in [9.17, 15) is 14.0 Å². The molecule has 1 saturated heterocycles. The summed E-state index contributed by atoms with van der Waals surface area (Å²) in [5.41, 5.74) is 1.70. The van der Waals surface area contributed by atoms with E-state index in [0.29, 0.717) is 18.2 Å². The van der Waals surface area contributed by atoms with Crippen LogP contribution in [0.15, 0.2) is 29.6 Å². The van der Waals surface area contributed by atoms with E-state index >= 15 is 0 Å². The Bertz CT molecular complexity index is 729. The number of carbonyl (C=O) groups is 2. The number of halogens is 1. The average Bonchev–Trinajstić information content (AvgIpc) is 3.08. The Balaban J connectivity index is 1.60. The van der Waals surface area contributed by atoms with Gasteiger partial charge in [-0.15, -0.1) is 11.3 Å². The van der Waals surface area contributed by atoms with Gasteiger partial charge in [0.15, 0.2) is 5.13 Å². The summed E-state index contributed by atoms with van der Waals surface area (Å²) in [6.45, 7) is 2.61. The molecular weight excluding hydrogens is 317 g/mol. The third-order valence-electron chi connectivity index (χ3n) is 3.72. The SMILES string of the molecule is Cc1csc(NC(=O)[C@H]2CC(=O)N(Cc3ccc(F)cc3)C2)n1. The summed E-state index contributed by atoms with van der Waals surface area (Å²) in [6, 6.07) is 6.03. The lowest BCUT2D eigenvalue weighted by Crippen LogP contribution is -2.28. The molecule has 1 aromatic heterocycles. The molecule has 1 N–H and O–H groups in total. The first-order valence-corrected chi connectivity index (χ1v) is 8.14. The van der Waals surface area contributed by atoms with E-state index in [1.54, 1.807) is 17.0 Å². The minimum atomic E-state index is -0.382. The number of likely N-dealkylation sites (tertiary alicyclic amines) is 1. The number of thiazole rings is 1. The molecule has 3 rings (SSSR count). The molecule has 2 amide bonds. The summed E-state index contributed by atoms with van der Waals surface area (Å²) in [7, 11) is 0. The van der Waals surface area contributed by atoms with Crippen LogP contribution in [0.1, 0.15) is 17.7 Å². The first-order chi connectivity index (χ1) is 11.0. The largest absolute Gasteiger partial charge is 0.338 e. The molecular formula is C16H16FN3O2S. The fourth-order valence-corrected chi connectivity index (χ4v) is 3.22. The molecule has 0 spiro atoms. The van der Waals surface area contributed by atoms with E-state index in [0.717, 1.165) is 11.3 Å². The van der Waals surface area contributed by atoms with Crippen LogP contribution in [0.4, 0.5) is 9.52 Å². The maximum absolute atomic E-state index is 12.9. The summed E-state index contributed by atoms with van der Waals surface area (Å²) >= 11 is 1.37. The minimum Gasteiger partial charge on any atom is -0.338 e. The molecule has 120 valence electrons. The number of aromatic nitrogens is 1. The molecule has 1 atom stereocenters. The summed E-state index contributed by atoms with van der Waals surface area (Å²) in [6.07, 6.45) is 0.192. The number of anilines is 1. The highest BCUT2D eigenvalue weighted by Crippen LogP contribution is 2.23. The van der Waals surface area contributed by atoms with E-state index in [2.05, 4.69) is 10.3 Å². The Morgan fingerprint density at radius 3 is 2.83 bits per heavy atom. The minimum absolute atomic E-state index is 0.0650. The molecule has 0 radical (unpaired) electrons. The first kappa shape index (κ1) is 15.6. The zero-order valence-corrected chi connectivity index (χ0v) is 13.4. The summed E-state index contributed by atoms with van der Waals surface area (Å²) in [5, 5.41) is 5.17. The number of nitrogens with zero attached hydrogens (tertiary/aromatic N) is 2. The highest BCUT2D eigenvalue weighted by atomic mass is 32.1. The summed E-state index contributed by atoms with van der Waals surface area (Å²) < 4.78 is 12.9. The van der Waals surface area contributed by atoms with Gasteiger partial charge in [-0.1, -0.05) is 12.1 Å². The molecule has 2 heterocycles. The predicted octanol–water partition coefficient (Wildman–Crippen LogP) is 2.58. The molecule has 23 heavy (non-hydrogen) atoms. The van der Waals surface area contributed by atoms with Gasteiger partial charge in [-0.2, -0.15) is 0 Å². The monoisotopic (exact) mass is 333 g/mol. The maximum Gasteiger partial charge on any atom is 0.231 e. The van der Waals surface area contributed by atoms with Gasteiger partial charge in [0.25, 0.3) is 0 Å². The summed E-state index contributed by atoms with van der Waals surface area (Å²) in [4.78, 5) is 30.1. The number of aryl methyl sites for hydroxylation is 1. The van der Waals surface area contributed by atoms with Crippen molar-refractivity contribution in [1.29, 1.82) is 0 Å². The predicted molar refractivity (Wildman–Crippen MR) is 85.4 cm³/mol. The van der Waals surface area contributed by atoms with E-state index in [1.807, 2.05) is 12.3 Å². The van der Waals surface area contributed by atoms with Crippen molar-refractivity contribution in [3.8, 4) is 0 Å². The number of amides is 2. The van der Waals surface area contributed by atoms with Gasteiger partial charge in [0.05, 0.1) is 11.6 Å². The van der Waals surface area contributed by atoms with Gasteiger partial charge in [0.2, 0.25) is 11.8 Å². The Labute approximate surface area is 137 Å². The highest BCUT2D eigenvalue weighted by Gasteiger charge is 2.34. The number of hydrogen-bond acceptors (Lipinski definition) is 4. The maximum atomic E-state index is 12.9. The van der Waals surface area contributed by atoms with Crippen LogP contribution in [0.3, 0.4) is 0 Å². The number of nitrogens with one attached hydrogen (secondary N) is 1. The van der Waals surface area contributed by atoms with Crippen LogP contribution in [-0.2, 0) is 16.1 Å². The zero-order valence-electron chi connectivity index (χ0n) is 12.6. The number of rotatable bonds is 4. The van der Waals surface area contributed by atoms with Crippen LogP contribution in [0.5, 0.6) is 0 Å². The quantitative estimate of drug-likeness (QED) is 0.935. The molecule has 0 unspecified atom stereocenters. The third-order valence-corrected chi connectivity index (χ3v) is 4.60. The first-order valence-electron chi connectivity index (χ1n) is 7.26. The van der Waals surface area contributed by atoms with Gasteiger partial charge >= 0.3 is 0 Å². The van der Waals surface area contributed by atoms with E-state index in [4.69, 9.17) is 0 Å². The molecule has 7 heteroatoms. The van der Waals surface area contributed by atoms with Crippen molar-refractivity contribution in [2.75, 3.05) is 11.9 Å². The zero-order chi connectivity index (χ0) is 16.4. The van der Waals surface area contributed by atoms with Crippen molar-refractivity contribution in [3.63, 3.8) is 0 Å². The lowest BCUT2D eigenvalue weighted by molar-refractivity contribution is -0.128. The van der Waals surface area contributed by atoms with Crippen LogP contribution in [-0.4, -0.2) is 28.2 Å². The highest BCUT2D eigenvalue weighted by molar-refractivity contribution is 7.13. The van der Waals surface area contributed by atoms with Crippen LogP contribution in [0.25, 0.3) is 0 Å². The second kappa shape index (κ2) is 6.45. The van der Waals surface area contributed by atoms with Crippen LogP contribution in [0, 0.1) is 18.7 Å². The Hall–Kier alpha value is -2.28. The van der Waals surface area contributed by atoms with Crippen molar-refractivity contribution in [2.45, 2.75) is 19.9 Å². The Morgan fingerprint density at radius 2 is 2.17 bits per heavy atom.